The standard InChI is InChI=1S/C23H16ClN3O5S/c1-31-17-9-8-16(24)20-19(17)25-23(33-20)26(11-13-5-4-10-32-13)18(28)12-27-21(29)14-6-2-3-7-15(14)22(27)30/h2-10H,11-12H2,1H3. The van der Waals surface area contributed by atoms with Gasteiger partial charge < -0.3 is 9.15 Å². The second kappa shape index (κ2) is 8.34. The monoisotopic (exact) mass is 481 g/mol. The summed E-state index contributed by atoms with van der Waals surface area (Å²) in [5.41, 5.74) is 1.08. The molecular formula is C23H16ClN3O5S. The van der Waals surface area contributed by atoms with Crippen LogP contribution in [0, 0.1) is 0 Å². The minimum Gasteiger partial charge on any atom is -0.494 e. The maximum absolute atomic E-state index is 13.4. The van der Waals surface area contributed by atoms with Gasteiger partial charge in [0.05, 0.1) is 40.8 Å². The highest BCUT2D eigenvalue weighted by Crippen LogP contribution is 2.39. The van der Waals surface area contributed by atoms with Crippen molar-refractivity contribution < 1.29 is 23.5 Å². The molecule has 1 aliphatic rings. The number of nitrogens with zero attached hydrogens (tertiary/aromatic N) is 3. The second-order valence-electron chi connectivity index (χ2n) is 7.23. The summed E-state index contributed by atoms with van der Waals surface area (Å²) in [7, 11) is 1.52. The number of ether oxygens (including phenoxy) is 1. The molecule has 0 radical (unpaired) electrons. The fourth-order valence-corrected chi connectivity index (χ4v) is 4.92. The van der Waals surface area contributed by atoms with Crippen molar-refractivity contribution >= 4 is 56.0 Å². The van der Waals surface area contributed by atoms with Crippen molar-refractivity contribution in [2.75, 3.05) is 18.6 Å². The molecule has 10 heteroatoms. The summed E-state index contributed by atoms with van der Waals surface area (Å²) < 4.78 is 11.5. The van der Waals surface area contributed by atoms with Crippen molar-refractivity contribution in [1.82, 2.24) is 9.88 Å². The first kappa shape index (κ1) is 21.2. The lowest BCUT2D eigenvalue weighted by Gasteiger charge is -2.21. The average molecular weight is 482 g/mol. The van der Waals surface area contributed by atoms with Gasteiger partial charge in [0, 0.05) is 0 Å². The number of aromatic nitrogens is 1. The Morgan fingerprint density at radius 1 is 1.12 bits per heavy atom. The van der Waals surface area contributed by atoms with E-state index >= 15 is 0 Å². The Hall–Kier alpha value is -3.69. The summed E-state index contributed by atoms with van der Waals surface area (Å²) in [6.07, 6.45) is 1.50. The molecule has 0 spiro atoms. The Morgan fingerprint density at radius 2 is 1.85 bits per heavy atom. The van der Waals surface area contributed by atoms with Gasteiger partial charge in [-0.2, -0.15) is 0 Å². The molecule has 0 N–H and O–H groups in total. The van der Waals surface area contributed by atoms with E-state index in [0.717, 1.165) is 4.90 Å². The number of hydrogen-bond acceptors (Lipinski definition) is 7. The van der Waals surface area contributed by atoms with Crippen molar-refractivity contribution in [3.05, 3.63) is 76.7 Å². The van der Waals surface area contributed by atoms with Crippen LogP contribution in [0.3, 0.4) is 0 Å². The summed E-state index contributed by atoms with van der Waals surface area (Å²) >= 11 is 7.56. The van der Waals surface area contributed by atoms with Crippen LogP contribution in [0.15, 0.2) is 59.2 Å². The third kappa shape index (κ3) is 3.65. The minimum atomic E-state index is -0.504. The molecule has 0 aliphatic carbocycles. The average Bonchev–Trinajstić information content (AvgIpc) is 3.55. The normalized spacial score (nSPS) is 13.0. The van der Waals surface area contributed by atoms with Gasteiger partial charge in [-0.1, -0.05) is 35.1 Å². The van der Waals surface area contributed by atoms with Crippen LogP contribution >= 0.6 is 22.9 Å². The summed E-state index contributed by atoms with van der Waals surface area (Å²) in [6.45, 7) is -0.372. The molecule has 1 aliphatic heterocycles. The number of furan rings is 1. The van der Waals surface area contributed by atoms with Gasteiger partial charge in [-0.25, -0.2) is 4.98 Å². The first-order valence-electron chi connectivity index (χ1n) is 9.89. The lowest BCUT2D eigenvalue weighted by atomic mass is 10.1. The zero-order valence-corrected chi connectivity index (χ0v) is 18.9. The molecule has 0 unspecified atom stereocenters. The van der Waals surface area contributed by atoms with Crippen LogP contribution in [0.1, 0.15) is 26.5 Å². The summed E-state index contributed by atoms with van der Waals surface area (Å²) in [6, 6.07) is 13.3. The maximum Gasteiger partial charge on any atom is 0.262 e. The van der Waals surface area contributed by atoms with E-state index in [1.54, 1.807) is 48.5 Å². The van der Waals surface area contributed by atoms with Crippen molar-refractivity contribution in [3.63, 3.8) is 0 Å². The van der Waals surface area contributed by atoms with Crippen molar-refractivity contribution in [1.29, 1.82) is 0 Å². The number of benzene rings is 2. The topological polar surface area (TPSA) is 93.0 Å². The first-order valence-corrected chi connectivity index (χ1v) is 11.1. The van der Waals surface area contributed by atoms with Crippen molar-refractivity contribution in [3.8, 4) is 5.75 Å². The Bertz CT molecular complexity index is 1360. The Balaban J connectivity index is 1.51. The van der Waals surface area contributed by atoms with Gasteiger partial charge in [0.1, 0.15) is 23.6 Å². The van der Waals surface area contributed by atoms with E-state index in [1.165, 1.54) is 29.6 Å². The molecule has 0 bridgehead atoms. The molecule has 3 amide bonds. The maximum atomic E-state index is 13.4. The molecule has 0 saturated heterocycles. The fraction of sp³-hybridized carbons (Fsp3) is 0.130. The number of imide groups is 1. The van der Waals surface area contributed by atoms with E-state index in [1.807, 2.05) is 0 Å². The number of hydrogen-bond donors (Lipinski definition) is 0. The number of carbonyl (C=O) groups excluding carboxylic acids is 3. The zero-order valence-electron chi connectivity index (χ0n) is 17.3. The van der Waals surface area contributed by atoms with Gasteiger partial charge in [-0.05, 0) is 36.4 Å². The molecule has 3 heterocycles. The van der Waals surface area contributed by atoms with E-state index in [9.17, 15) is 14.4 Å². The lowest BCUT2D eigenvalue weighted by Crippen LogP contribution is -2.42. The third-order valence-electron chi connectivity index (χ3n) is 5.26. The van der Waals surface area contributed by atoms with E-state index in [4.69, 9.17) is 20.8 Å². The number of methoxy groups -OCH3 is 1. The third-order valence-corrected chi connectivity index (χ3v) is 6.80. The highest BCUT2D eigenvalue weighted by Gasteiger charge is 2.37. The van der Waals surface area contributed by atoms with E-state index in [-0.39, 0.29) is 17.7 Å². The molecule has 0 fully saturated rings. The molecular weight excluding hydrogens is 466 g/mol. The number of carbonyl (C=O) groups is 3. The van der Waals surface area contributed by atoms with Gasteiger partial charge in [-0.3, -0.25) is 24.2 Å². The van der Waals surface area contributed by atoms with Crippen molar-refractivity contribution in [2.45, 2.75) is 6.54 Å². The number of anilines is 1. The SMILES string of the molecule is COc1ccc(Cl)c2sc(N(Cc3ccco3)C(=O)CN3C(=O)c4ccccc4C3=O)nc12. The van der Waals surface area contributed by atoms with E-state index < -0.39 is 24.3 Å². The Labute approximate surface area is 196 Å². The predicted molar refractivity (Wildman–Crippen MR) is 123 cm³/mol. The van der Waals surface area contributed by atoms with Crippen LogP contribution < -0.4 is 9.64 Å². The number of fused-ring (bicyclic) bond motifs is 2. The van der Waals surface area contributed by atoms with Crippen LogP contribution in [-0.4, -0.2) is 41.3 Å². The molecule has 2 aromatic carbocycles. The summed E-state index contributed by atoms with van der Waals surface area (Å²) in [4.78, 5) is 45.8. The van der Waals surface area contributed by atoms with Gasteiger partial charge in [0.2, 0.25) is 5.91 Å². The fourth-order valence-electron chi connectivity index (χ4n) is 3.65. The molecule has 5 rings (SSSR count). The van der Waals surface area contributed by atoms with E-state index in [2.05, 4.69) is 4.98 Å². The highest BCUT2D eigenvalue weighted by molar-refractivity contribution is 7.23. The second-order valence-corrected chi connectivity index (χ2v) is 8.61. The van der Waals surface area contributed by atoms with Gasteiger partial charge in [0.25, 0.3) is 11.8 Å². The molecule has 0 atom stereocenters. The molecule has 33 heavy (non-hydrogen) atoms. The minimum absolute atomic E-state index is 0.0642. The summed E-state index contributed by atoms with van der Waals surface area (Å²) in [5.74, 6) is -0.465. The van der Waals surface area contributed by atoms with Crippen LogP contribution in [0.5, 0.6) is 5.75 Å². The smallest absolute Gasteiger partial charge is 0.262 e. The largest absolute Gasteiger partial charge is 0.494 e. The van der Waals surface area contributed by atoms with E-state index in [0.29, 0.717) is 31.9 Å². The van der Waals surface area contributed by atoms with Crippen LogP contribution in [0.2, 0.25) is 5.02 Å². The lowest BCUT2D eigenvalue weighted by molar-refractivity contribution is -0.119. The van der Waals surface area contributed by atoms with Gasteiger partial charge >= 0.3 is 0 Å². The number of thiazole rings is 1. The molecule has 2 aromatic heterocycles. The van der Waals surface area contributed by atoms with Crippen molar-refractivity contribution in [2.24, 2.45) is 0 Å². The first-order chi connectivity index (χ1) is 16.0. The summed E-state index contributed by atoms with van der Waals surface area (Å²) in [5, 5.41) is 0.815. The van der Waals surface area contributed by atoms with Gasteiger partial charge in [-0.15, -0.1) is 0 Å². The molecule has 166 valence electrons. The number of amides is 3. The highest BCUT2D eigenvalue weighted by atomic mass is 35.5. The predicted octanol–water partition coefficient (Wildman–Crippen LogP) is 4.38. The van der Waals surface area contributed by atoms with Crippen LogP contribution in [-0.2, 0) is 11.3 Å². The Kier molecular flexibility index (Phi) is 5.35. The quantitative estimate of drug-likeness (QED) is 0.379. The number of halogens is 1. The molecule has 0 saturated carbocycles. The Morgan fingerprint density at radius 3 is 2.48 bits per heavy atom. The van der Waals surface area contributed by atoms with Crippen LogP contribution in [0.4, 0.5) is 5.13 Å². The number of rotatable bonds is 6. The zero-order chi connectivity index (χ0) is 23.1. The van der Waals surface area contributed by atoms with Gasteiger partial charge in [0.15, 0.2) is 5.13 Å². The molecule has 4 aromatic rings. The molecule has 8 nitrogen and oxygen atoms in total. The van der Waals surface area contributed by atoms with Crippen LogP contribution in [0.25, 0.3) is 10.2 Å².